The summed E-state index contributed by atoms with van der Waals surface area (Å²) in [4.78, 5) is 31.9. The first kappa shape index (κ1) is 21.3. The van der Waals surface area contributed by atoms with Crippen molar-refractivity contribution in [3.63, 3.8) is 0 Å². The van der Waals surface area contributed by atoms with Crippen molar-refractivity contribution in [1.82, 2.24) is 4.90 Å². The van der Waals surface area contributed by atoms with E-state index in [1.807, 2.05) is 50.2 Å². The zero-order chi connectivity index (χ0) is 22.5. The average Bonchev–Trinajstić information content (AvgIpc) is 3.14. The Balaban J connectivity index is 1.39. The van der Waals surface area contributed by atoms with Crippen LogP contribution in [0.15, 0.2) is 78.0 Å². The first-order chi connectivity index (χ1) is 15.6. The molecule has 0 aromatic heterocycles. The molecule has 0 saturated heterocycles. The predicted octanol–water partition coefficient (Wildman–Crippen LogP) is 4.56. The minimum absolute atomic E-state index is 0.0239. The van der Waals surface area contributed by atoms with Crippen molar-refractivity contribution in [3.05, 3.63) is 89.5 Å². The third kappa shape index (κ3) is 4.25. The van der Waals surface area contributed by atoms with Gasteiger partial charge >= 0.3 is 0 Å². The molecule has 2 amide bonds. The van der Waals surface area contributed by atoms with Gasteiger partial charge in [0.25, 0.3) is 11.8 Å². The Hall–Kier alpha value is -3.93. The number of hydrogen-bond donors (Lipinski definition) is 1. The number of anilines is 1. The van der Waals surface area contributed by atoms with Gasteiger partial charge in [-0.2, -0.15) is 0 Å². The monoisotopic (exact) mass is 427 g/mol. The van der Waals surface area contributed by atoms with Gasteiger partial charge in [-0.15, -0.1) is 0 Å². The summed E-state index contributed by atoms with van der Waals surface area (Å²) >= 11 is 0. The van der Waals surface area contributed by atoms with Gasteiger partial charge in [-0.05, 0) is 49.2 Å². The zero-order valence-electron chi connectivity index (χ0n) is 18.2. The number of fused-ring (bicyclic) bond motifs is 3. The van der Waals surface area contributed by atoms with Crippen molar-refractivity contribution in [2.45, 2.75) is 13.8 Å². The second-order valence-electron chi connectivity index (χ2n) is 7.41. The summed E-state index contributed by atoms with van der Waals surface area (Å²) in [7, 11) is 0. The largest absolute Gasteiger partial charge is 0.385 e. The third-order valence-corrected chi connectivity index (χ3v) is 5.47. The Kier molecular flexibility index (Phi) is 6.31. The van der Waals surface area contributed by atoms with Crippen LogP contribution in [0, 0.1) is 0 Å². The number of benzene rings is 3. The molecule has 0 aliphatic heterocycles. The molecular formula is C26H25N3O3. The van der Waals surface area contributed by atoms with E-state index >= 15 is 0 Å². The molecule has 0 bridgehead atoms. The van der Waals surface area contributed by atoms with Crippen LogP contribution in [-0.4, -0.2) is 42.1 Å². The smallest absolute Gasteiger partial charge is 0.265 e. The molecule has 3 aromatic rings. The first-order valence-electron chi connectivity index (χ1n) is 10.7. The van der Waals surface area contributed by atoms with Crippen LogP contribution in [0.1, 0.15) is 35.3 Å². The second kappa shape index (κ2) is 9.47. The van der Waals surface area contributed by atoms with E-state index < -0.39 is 0 Å². The number of amides is 2. The number of nitrogens with one attached hydrogen (secondary N) is 1. The van der Waals surface area contributed by atoms with Crippen molar-refractivity contribution in [2.75, 3.05) is 25.0 Å². The summed E-state index contributed by atoms with van der Waals surface area (Å²) in [5.74, 6) is -0.346. The molecular weight excluding hydrogens is 402 g/mol. The molecule has 1 aliphatic rings. The summed E-state index contributed by atoms with van der Waals surface area (Å²) in [6.45, 7) is 4.99. The van der Waals surface area contributed by atoms with Crippen molar-refractivity contribution < 1.29 is 14.4 Å². The van der Waals surface area contributed by atoms with Gasteiger partial charge in [-0.25, -0.2) is 0 Å². The van der Waals surface area contributed by atoms with Gasteiger partial charge in [0, 0.05) is 35.5 Å². The fourth-order valence-corrected chi connectivity index (χ4v) is 3.83. The van der Waals surface area contributed by atoms with Crippen LogP contribution >= 0.6 is 0 Å². The SMILES string of the molecule is CCN(CC)C(=O)c1ccc(NC(=O)CON=C2c3ccccc3-c3ccccc32)cc1. The van der Waals surface area contributed by atoms with Crippen molar-refractivity contribution in [3.8, 4) is 11.1 Å². The molecule has 0 saturated carbocycles. The minimum Gasteiger partial charge on any atom is -0.385 e. The Bertz CT molecular complexity index is 1120. The summed E-state index contributed by atoms with van der Waals surface area (Å²) in [6.07, 6.45) is 0. The van der Waals surface area contributed by atoms with E-state index in [-0.39, 0.29) is 18.4 Å². The fourth-order valence-electron chi connectivity index (χ4n) is 3.83. The maximum atomic E-state index is 12.4. The molecule has 162 valence electrons. The highest BCUT2D eigenvalue weighted by atomic mass is 16.6. The Morgan fingerprint density at radius 2 is 1.34 bits per heavy atom. The molecule has 0 heterocycles. The van der Waals surface area contributed by atoms with Crippen LogP contribution < -0.4 is 5.32 Å². The van der Waals surface area contributed by atoms with Crippen LogP contribution in [0.5, 0.6) is 0 Å². The van der Waals surface area contributed by atoms with E-state index in [1.54, 1.807) is 29.2 Å². The first-order valence-corrected chi connectivity index (χ1v) is 10.7. The molecule has 0 fully saturated rings. The standard InChI is InChI=1S/C26H25N3O3/c1-3-29(4-2)26(31)18-13-15-19(16-14-18)27-24(30)17-32-28-25-22-11-7-5-9-20(22)21-10-6-8-12-23(21)25/h5-16H,3-4,17H2,1-2H3,(H,27,30). The van der Waals surface area contributed by atoms with E-state index in [0.29, 0.717) is 24.3 Å². The quantitative estimate of drug-likeness (QED) is 0.440. The van der Waals surface area contributed by atoms with Gasteiger partial charge < -0.3 is 15.1 Å². The van der Waals surface area contributed by atoms with Crippen molar-refractivity contribution >= 4 is 23.2 Å². The second-order valence-corrected chi connectivity index (χ2v) is 7.41. The lowest BCUT2D eigenvalue weighted by Crippen LogP contribution is -2.30. The maximum Gasteiger partial charge on any atom is 0.265 e. The lowest BCUT2D eigenvalue weighted by molar-refractivity contribution is -0.120. The maximum absolute atomic E-state index is 12.4. The molecule has 3 aromatic carbocycles. The number of carbonyl (C=O) groups is 2. The Labute approximate surface area is 187 Å². The molecule has 0 atom stereocenters. The Morgan fingerprint density at radius 3 is 1.88 bits per heavy atom. The molecule has 1 N–H and O–H groups in total. The van der Waals surface area contributed by atoms with Crippen molar-refractivity contribution in [1.29, 1.82) is 0 Å². The van der Waals surface area contributed by atoms with Crippen molar-refractivity contribution in [2.24, 2.45) is 5.16 Å². The summed E-state index contributed by atoms with van der Waals surface area (Å²) in [5.41, 5.74) is 6.10. The van der Waals surface area contributed by atoms with Crippen LogP contribution in [0.2, 0.25) is 0 Å². The molecule has 0 unspecified atom stereocenters. The van der Waals surface area contributed by atoms with E-state index in [4.69, 9.17) is 4.84 Å². The average molecular weight is 428 g/mol. The highest BCUT2D eigenvalue weighted by molar-refractivity contribution is 6.24. The van der Waals surface area contributed by atoms with Crippen LogP contribution in [0.3, 0.4) is 0 Å². The lowest BCUT2D eigenvalue weighted by Gasteiger charge is -2.18. The number of carbonyl (C=O) groups excluding carboxylic acids is 2. The van der Waals surface area contributed by atoms with Gasteiger partial charge in [0.05, 0.1) is 0 Å². The van der Waals surface area contributed by atoms with Crippen LogP contribution in [-0.2, 0) is 9.63 Å². The number of hydrogen-bond acceptors (Lipinski definition) is 4. The summed E-state index contributed by atoms with van der Waals surface area (Å²) in [6, 6.07) is 22.9. The number of rotatable bonds is 7. The van der Waals surface area contributed by atoms with Gasteiger partial charge in [0.15, 0.2) is 6.61 Å². The van der Waals surface area contributed by atoms with Crippen LogP contribution in [0.4, 0.5) is 5.69 Å². The highest BCUT2D eigenvalue weighted by Crippen LogP contribution is 2.36. The molecule has 1 aliphatic carbocycles. The van der Waals surface area contributed by atoms with E-state index in [0.717, 1.165) is 28.0 Å². The third-order valence-electron chi connectivity index (χ3n) is 5.47. The van der Waals surface area contributed by atoms with Gasteiger partial charge in [0.2, 0.25) is 0 Å². The van der Waals surface area contributed by atoms with E-state index in [1.165, 1.54) is 0 Å². The molecule has 6 heteroatoms. The normalized spacial score (nSPS) is 11.4. The highest BCUT2D eigenvalue weighted by Gasteiger charge is 2.24. The number of oxime groups is 1. The predicted molar refractivity (Wildman–Crippen MR) is 126 cm³/mol. The zero-order valence-corrected chi connectivity index (χ0v) is 18.2. The fraction of sp³-hybridized carbons (Fsp3) is 0.192. The van der Waals surface area contributed by atoms with E-state index in [2.05, 4.69) is 22.6 Å². The van der Waals surface area contributed by atoms with Gasteiger partial charge in [-0.1, -0.05) is 53.7 Å². The Morgan fingerprint density at radius 1 is 0.812 bits per heavy atom. The van der Waals surface area contributed by atoms with E-state index in [9.17, 15) is 9.59 Å². The molecule has 0 spiro atoms. The van der Waals surface area contributed by atoms with Gasteiger partial charge in [0.1, 0.15) is 5.71 Å². The lowest BCUT2D eigenvalue weighted by atomic mass is 10.1. The molecule has 6 nitrogen and oxygen atoms in total. The summed E-state index contributed by atoms with van der Waals surface area (Å²) in [5, 5.41) is 7.04. The topological polar surface area (TPSA) is 71.0 Å². The molecule has 32 heavy (non-hydrogen) atoms. The summed E-state index contributed by atoms with van der Waals surface area (Å²) < 4.78 is 0. The van der Waals surface area contributed by atoms with Crippen LogP contribution in [0.25, 0.3) is 11.1 Å². The van der Waals surface area contributed by atoms with Gasteiger partial charge in [-0.3, -0.25) is 9.59 Å². The minimum atomic E-state index is -0.322. The number of nitrogens with zero attached hydrogens (tertiary/aromatic N) is 2. The molecule has 4 rings (SSSR count). The molecule has 0 radical (unpaired) electrons.